The molecule has 2 amide bonds. The molecule has 0 spiro atoms. The lowest BCUT2D eigenvalue weighted by molar-refractivity contribution is -0.135. The van der Waals surface area contributed by atoms with Crippen LogP contribution in [0.2, 0.25) is 0 Å². The molecular weight excluding hydrogens is 496 g/mol. The maximum absolute atomic E-state index is 13.7. The van der Waals surface area contributed by atoms with Crippen molar-refractivity contribution in [2.75, 3.05) is 40.0 Å². The van der Waals surface area contributed by atoms with Crippen LogP contribution >= 0.6 is 22.7 Å². The van der Waals surface area contributed by atoms with Gasteiger partial charge in [-0.25, -0.2) is 0 Å². The van der Waals surface area contributed by atoms with Gasteiger partial charge in [0.05, 0.1) is 24.1 Å². The molecule has 1 aromatic carbocycles. The van der Waals surface area contributed by atoms with E-state index in [2.05, 4.69) is 11.4 Å². The number of methoxy groups -OCH3 is 1. The average molecular weight is 527 g/mol. The van der Waals surface area contributed by atoms with E-state index < -0.39 is 0 Å². The van der Waals surface area contributed by atoms with Crippen LogP contribution in [0.15, 0.2) is 53.2 Å². The molecule has 7 nitrogen and oxygen atoms in total. The third kappa shape index (κ3) is 5.58. The summed E-state index contributed by atoms with van der Waals surface area (Å²) in [4.78, 5) is 32.5. The molecule has 0 unspecified atom stereocenters. The Morgan fingerprint density at radius 1 is 1.14 bits per heavy atom. The van der Waals surface area contributed by atoms with Gasteiger partial charge in [-0.1, -0.05) is 12.1 Å². The van der Waals surface area contributed by atoms with Gasteiger partial charge in [-0.05, 0) is 59.9 Å². The molecule has 2 aliphatic heterocycles. The van der Waals surface area contributed by atoms with Gasteiger partial charge in [0.15, 0.2) is 0 Å². The lowest BCUT2D eigenvalue weighted by atomic mass is 10.0. The van der Waals surface area contributed by atoms with Gasteiger partial charge < -0.3 is 24.0 Å². The van der Waals surface area contributed by atoms with Crippen LogP contribution in [0.3, 0.4) is 0 Å². The first-order chi connectivity index (χ1) is 17.6. The Morgan fingerprint density at radius 2 is 2.03 bits per heavy atom. The van der Waals surface area contributed by atoms with Crippen LogP contribution in [0.1, 0.15) is 39.0 Å². The third-order valence-corrected chi connectivity index (χ3v) is 8.51. The Balaban J connectivity index is 1.33. The number of rotatable bonds is 9. The van der Waals surface area contributed by atoms with E-state index in [1.165, 1.54) is 16.2 Å². The number of thiophene rings is 2. The predicted molar refractivity (Wildman–Crippen MR) is 140 cm³/mol. The fourth-order valence-electron chi connectivity index (χ4n) is 4.80. The molecular formula is C27H30N2O5S2. The summed E-state index contributed by atoms with van der Waals surface area (Å²) in [5, 5.41) is 3.95. The van der Waals surface area contributed by atoms with Crippen molar-refractivity contribution in [3.05, 3.63) is 68.5 Å². The zero-order valence-electron chi connectivity index (χ0n) is 20.3. The normalized spacial score (nSPS) is 19.1. The van der Waals surface area contributed by atoms with Crippen molar-refractivity contribution in [2.24, 2.45) is 0 Å². The number of carbonyl (C=O) groups is 2. The van der Waals surface area contributed by atoms with Crippen molar-refractivity contribution in [3.63, 3.8) is 0 Å². The second kappa shape index (κ2) is 11.5. The van der Waals surface area contributed by atoms with Gasteiger partial charge in [-0.3, -0.25) is 9.59 Å². The van der Waals surface area contributed by atoms with Crippen molar-refractivity contribution in [1.29, 1.82) is 0 Å². The summed E-state index contributed by atoms with van der Waals surface area (Å²) in [6.07, 6.45) is 2.66. The average Bonchev–Trinajstić information content (AvgIpc) is 3.69. The molecule has 2 aromatic heterocycles. The molecule has 0 saturated carbocycles. The van der Waals surface area contributed by atoms with Gasteiger partial charge in [0.1, 0.15) is 24.7 Å². The van der Waals surface area contributed by atoms with Gasteiger partial charge in [-0.15, -0.1) is 22.7 Å². The van der Waals surface area contributed by atoms with Gasteiger partial charge in [0, 0.05) is 30.6 Å². The molecule has 36 heavy (non-hydrogen) atoms. The minimum absolute atomic E-state index is 0.0196. The molecule has 3 aromatic rings. The minimum Gasteiger partial charge on any atom is -0.497 e. The fraction of sp³-hybridized carbons (Fsp3) is 0.407. The molecule has 0 radical (unpaired) electrons. The Hall–Kier alpha value is -2.88. The van der Waals surface area contributed by atoms with E-state index in [-0.39, 0.29) is 30.5 Å². The second-order valence-corrected chi connectivity index (χ2v) is 10.9. The Morgan fingerprint density at radius 3 is 2.81 bits per heavy atom. The van der Waals surface area contributed by atoms with Crippen LogP contribution in [-0.4, -0.2) is 67.7 Å². The number of nitrogens with zero attached hydrogens (tertiary/aromatic N) is 2. The Kier molecular flexibility index (Phi) is 7.89. The first-order valence-corrected chi connectivity index (χ1v) is 14.0. The zero-order chi connectivity index (χ0) is 24.9. The lowest BCUT2D eigenvalue weighted by Crippen LogP contribution is -2.49. The summed E-state index contributed by atoms with van der Waals surface area (Å²) in [6.45, 7) is 2.07. The molecule has 1 saturated heterocycles. The van der Waals surface area contributed by atoms with E-state index in [4.69, 9.17) is 14.2 Å². The summed E-state index contributed by atoms with van der Waals surface area (Å²) in [7, 11) is 1.62. The molecule has 1 fully saturated rings. The van der Waals surface area contributed by atoms with E-state index in [1.807, 2.05) is 46.7 Å². The number of ether oxygens (including phenoxy) is 3. The number of fused-ring (bicyclic) bond motifs is 1. The van der Waals surface area contributed by atoms with Crippen molar-refractivity contribution in [3.8, 4) is 11.5 Å². The maximum atomic E-state index is 13.7. The summed E-state index contributed by atoms with van der Waals surface area (Å²) in [5.74, 6) is 1.22. The lowest BCUT2D eigenvalue weighted by Gasteiger charge is -2.37. The first-order valence-electron chi connectivity index (χ1n) is 12.2. The Labute approximate surface area is 219 Å². The molecule has 5 rings (SSSR count). The molecule has 2 atom stereocenters. The number of amides is 2. The van der Waals surface area contributed by atoms with Crippen molar-refractivity contribution < 1.29 is 23.8 Å². The zero-order valence-corrected chi connectivity index (χ0v) is 21.9. The highest BCUT2D eigenvalue weighted by atomic mass is 32.1. The molecule has 0 N–H and O–H groups in total. The van der Waals surface area contributed by atoms with E-state index in [0.29, 0.717) is 36.9 Å². The quantitative estimate of drug-likeness (QED) is 0.406. The molecule has 9 heteroatoms. The highest BCUT2D eigenvalue weighted by molar-refractivity contribution is 7.12. The summed E-state index contributed by atoms with van der Waals surface area (Å²) in [5.41, 5.74) is 1.12. The fourth-order valence-corrected chi connectivity index (χ4v) is 6.42. The van der Waals surface area contributed by atoms with E-state index >= 15 is 0 Å². The van der Waals surface area contributed by atoms with Gasteiger partial charge in [0.25, 0.3) is 5.91 Å². The van der Waals surface area contributed by atoms with E-state index in [0.717, 1.165) is 30.6 Å². The predicted octanol–water partition coefficient (Wildman–Crippen LogP) is 4.64. The largest absolute Gasteiger partial charge is 0.497 e. The minimum atomic E-state index is -0.222. The topological polar surface area (TPSA) is 68.3 Å². The van der Waals surface area contributed by atoms with Gasteiger partial charge >= 0.3 is 0 Å². The first kappa shape index (κ1) is 24.8. The molecule has 0 bridgehead atoms. The van der Waals surface area contributed by atoms with Crippen LogP contribution in [-0.2, 0) is 16.0 Å². The third-order valence-electron chi connectivity index (χ3n) is 6.66. The standard InChI is InChI=1S/C27H30N2O5S2/c1-32-19-5-2-6-20(15-19)34-18-23-22-10-14-36-24(22)9-11-29(23)26(30)17-28(16-21-7-3-12-33-21)27(31)25-8-4-13-35-25/h2,4-6,8,10,13-15,21,23H,3,7,9,11-12,16-18H2,1H3/t21-,23+/m1/s1. The summed E-state index contributed by atoms with van der Waals surface area (Å²) < 4.78 is 17.3. The monoisotopic (exact) mass is 526 g/mol. The van der Waals surface area contributed by atoms with Gasteiger partial charge in [-0.2, -0.15) is 0 Å². The van der Waals surface area contributed by atoms with Gasteiger partial charge in [0.2, 0.25) is 5.91 Å². The summed E-state index contributed by atoms with van der Waals surface area (Å²) >= 11 is 3.11. The van der Waals surface area contributed by atoms with E-state index in [1.54, 1.807) is 23.3 Å². The number of benzene rings is 1. The highest BCUT2D eigenvalue weighted by Crippen LogP contribution is 2.34. The second-order valence-electron chi connectivity index (χ2n) is 8.94. The molecule has 190 valence electrons. The maximum Gasteiger partial charge on any atom is 0.264 e. The van der Waals surface area contributed by atoms with Crippen molar-refractivity contribution >= 4 is 34.5 Å². The van der Waals surface area contributed by atoms with Crippen LogP contribution in [0, 0.1) is 0 Å². The summed E-state index contributed by atoms with van der Waals surface area (Å²) in [6, 6.07) is 13.0. The van der Waals surface area contributed by atoms with Crippen LogP contribution in [0.4, 0.5) is 0 Å². The van der Waals surface area contributed by atoms with Crippen molar-refractivity contribution in [2.45, 2.75) is 31.4 Å². The molecule has 2 aliphatic rings. The number of hydrogen-bond donors (Lipinski definition) is 0. The van der Waals surface area contributed by atoms with E-state index in [9.17, 15) is 9.59 Å². The SMILES string of the molecule is COc1cccc(OC[C@H]2c3ccsc3CCN2C(=O)CN(C[C@H]2CCCO2)C(=O)c2cccs2)c1. The van der Waals surface area contributed by atoms with Crippen LogP contribution in [0.25, 0.3) is 0 Å². The Bertz CT molecular complexity index is 1170. The number of hydrogen-bond acceptors (Lipinski definition) is 7. The number of carbonyl (C=O) groups excluding carboxylic acids is 2. The van der Waals surface area contributed by atoms with Crippen molar-refractivity contribution in [1.82, 2.24) is 9.80 Å². The molecule has 0 aliphatic carbocycles. The van der Waals surface area contributed by atoms with Crippen LogP contribution < -0.4 is 9.47 Å². The molecule has 4 heterocycles. The highest BCUT2D eigenvalue weighted by Gasteiger charge is 2.34. The van der Waals surface area contributed by atoms with Crippen LogP contribution in [0.5, 0.6) is 11.5 Å². The smallest absolute Gasteiger partial charge is 0.264 e.